The average Bonchev–Trinajstić information content (AvgIpc) is 3.78. The molecule has 4 aromatic heterocycles. The van der Waals surface area contributed by atoms with E-state index < -0.39 is 0 Å². The molecular weight excluding hydrogens is 573 g/mol. The van der Waals surface area contributed by atoms with Gasteiger partial charge in [-0.25, -0.2) is 4.98 Å². The molecule has 11 aromatic rings. The first-order valence-corrected chi connectivity index (χ1v) is 16.1. The maximum atomic E-state index is 5.22. The Morgan fingerprint density at radius 3 is 1.40 bits per heavy atom. The fourth-order valence-electron chi connectivity index (χ4n) is 8.07. The molecule has 0 atom stereocenters. The second-order valence-electron chi connectivity index (χ2n) is 12.4. The number of nitrogens with zero attached hydrogens (tertiary/aromatic N) is 4. The lowest BCUT2D eigenvalue weighted by molar-refractivity contribution is 1.11. The van der Waals surface area contributed by atoms with Crippen molar-refractivity contribution in [2.45, 2.75) is 0 Å². The van der Waals surface area contributed by atoms with Crippen LogP contribution in [0.5, 0.6) is 0 Å². The molecule has 4 heteroatoms. The van der Waals surface area contributed by atoms with Gasteiger partial charge in [0, 0.05) is 21.5 Å². The third-order valence-corrected chi connectivity index (χ3v) is 9.99. The van der Waals surface area contributed by atoms with Gasteiger partial charge in [0.15, 0.2) is 0 Å². The van der Waals surface area contributed by atoms with Crippen LogP contribution in [-0.4, -0.2) is 18.4 Å². The molecule has 0 saturated carbocycles. The summed E-state index contributed by atoms with van der Waals surface area (Å²) in [7, 11) is 0. The molecule has 218 valence electrons. The SMILES string of the molecule is c1ccc2c(c1)nc1n(-c3cc4c5ccccc5c5ccccc5c5ccccc5n5c6ccccc6c(c3)c45)c3ccccc3n21. The van der Waals surface area contributed by atoms with Gasteiger partial charge in [0.05, 0.1) is 44.3 Å². The van der Waals surface area contributed by atoms with Gasteiger partial charge in [0.1, 0.15) is 0 Å². The van der Waals surface area contributed by atoms with E-state index in [-0.39, 0.29) is 0 Å². The van der Waals surface area contributed by atoms with Crippen molar-refractivity contribution in [3.63, 3.8) is 0 Å². The number of rotatable bonds is 1. The zero-order valence-electron chi connectivity index (χ0n) is 25.3. The average molecular weight is 599 g/mol. The highest BCUT2D eigenvalue weighted by Crippen LogP contribution is 2.41. The van der Waals surface area contributed by atoms with Crippen LogP contribution in [0, 0.1) is 0 Å². The topological polar surface area (TPSA) is 26.6 Å². The minimum Gasteiger partial charge on any atom is -0.308 e. The summed E-state index contributed by atoms with van der Waals surface area (Å²) in [6, 6.07) is 57.3. The summed E-state index contributed by atoms with van der Waals surface area (Å²) >= 11 is 0. The fraction of sp³-hybridized carbons (Fsp3) is 0. The van der Waals surface area contributed by atoms with Crippen LogP contribution in [0.1, 0.15) is 0 Å². The number of aromatic nitrogens is 4. The Morgan fingerprint density at radius 1 is 0.340 bits per heavy atom. The Hall–Kier alpha value is -6.39. The van der Waals surface area contributed by atoms with Crippen molar-refractivity contribution < 1.29 is 0 Å². The summed E-state index contributed by atoms with van der Waals surface area (Å²) < 4.78 is 7.13. The Bertz CT molecular complexity index is 3140. The van der Waals surface area contributed by atoms with E-state index in [1.54, 1.807) is 0 Å². The molecule has 0 aliphatic heterocycles. The van der Waals surface area contributed by atoms with Crippen LogP contribution in [-0.2, 0) is 0 Å². The monoisotopic (exact) mass is 598 g/mol. The van der Waals surface area contributed by atoms with Crippen molar-refractivity contribution in [1.29, 1.82) is 0 Å². The van der Waals surface area contributed by atoms with Crippen molar-refractivity contribution in [3.05, 3.63) is 158 Å². The first-order valence-electron chi connectivity index (χ1n) is 16.1. The molecule has 0 aliphatic carbocycles. The molecule has 4 heterocycles. The maximum absolute atomic E-state index is 5.22. The van der Waals surface area contributed by atoms with Crippen molar-refractivity contribution in [2.24, 2.45) is 0 Å². The van der Waals surface area contributed by atoms with Crippen molar-refractivity contribution in [1.82, 2.24) is 18.4 Å². The molecule has 0 bridgehead atoms. The first kappa shape index (κ1) is 24.9. The minimum atomic E-state index is 0.912. The molecular formula is C43H26N4. The minimum absolute atomic E-state index is 0.912. The highest BCUT2D eigenvalue weighted by molar-refractivity contribution is 6.25. The molecule has 0 N–H and O–H groups in total. The van der Waals surface area contributed by atoms with Crippen molar-refractivity contribution in [2.75, 3.05) is 0 Å². The van der Waals surface area contributed by atoms with E-state index in [2.05, 4.69) is 171 Å². The van der Waals surface area contributed by atoms with E-state index in [9.17, 15) is 0 Å². The predicted octanol–water partition coefficient (Wildman–Crippen LogP) is 11.0. The van der Waals surface area contributed by atoms with E-state index in [1.165, 1.54) is 59.6 Å². The summed E-state index contributed by atoms with van der Waals surface area (Å²) in [6.07, 6.45) is 0. The smallest absolute Gasteiger partial charge is 0.220 e. The number of fused-ring (bicyclic) bond motifs is 15. The van der Waals surface area contributed by atoms with Crippen molar-refractivity contribution >= 4 is 87.5 Å². The van der Waals surface area contributed by atoms with E-state index in [0.29, 0.717) is 0 Å². The molecule has 0 saturated heterocycles. The largest absolute Gasteiger partial charge is 0.308 e. The van der Waals surface area contributed by atoms with Gasteiger partial charge >= 0.3 is 0 Å². The Kier molecular flexibility index (Phi) is 4.81. The molecule has 47 heavy (non-hydrogen) atoms. The van der Waals surface area contributed by atoms with Crippen LogP contribution in [0.3, 0.4) is 0 Å². The third kappa shape index (κ3) is 3.23. The highest BCUT2D eigenvalue weighted by Gasteiger charge is 2.20. The standard InChI is InChI=1S/C43H26N4/c1-3-15-30-28(13-1)29-14-2-4-16-31(29)34-25-27(45-40-23-11-12-24-41(40)47-39-22-10-7-19-36(39)44-43(45)47)26-35-33-18-6-9-21-38(33)46(42(34)35)37-20-8-5-17-32(30)37/h1-26H. The summed E-state index contributed by atoms with van der Waals surface area (Å²) in [4.78, 5) is 5.22. The second-order valence-corrected chi connectivity index (χ2v) is 12.4. The molecule has 11 rings (SSSR count). The number of hydrogen-bond donors (Lipinski definition) is 0. The zero-order valence-corrected chi connectivity index (χ0v) is 25.3. The van der Waals surface area contributed by atoms with Crippen LogP contribution in [0.25, 0.3) is 93.2 Å². The summed E-state index contributed by atoms with van der Waals surface area (Å²) in [5, 5.41) is 9.77. The number of benzene rings is 7. The lowest BCUT2D eigenvalue weighted by Gasteiger charge is -2.10. The van der Waals surface area contributed by atoms with Gasteiger partial charge in [-0.3, -0.25) is 8.97 Å². The summed E-state index contributed by atoms with van der Waals surface area (Å²) in [5.74, 6) is 0.912. The second kappa shape index (κ2) is 9.09. The first-order chi connectivity index (χ1) is 23.3. The Balaban J connectivity index is 1.47. The molecule has 0 spiro atoms. The molecule has 0 amide bonds. The van der Waals surface area contributed by atoms with Gasteiger partial charge in [-0.2, -0.15) is 0 Å². The van der Waals surface area contributed by atoms with Gasteiger partial charge in [-0.1, -0.05) is 109 Å². The van der Waals surface area contributed by atoms with Crippen LogP contribution >= 0.6 is 0 Å². The van der Waals surface area contributed by atoms with Gasteiger partial charge in [-0.15, -0.1) is 0 Å². The third-order valence-electron chi connectivity index (χ3n) is 9.99. The zero-order chi connectivity index (χ0) is 30.6. The van der Waals surface area contributed by atoms with Crippen LogP contribution in [0.15, 0.2) is 158 Å². The van der Waals surface area contributed by atoms with E-state index >= 15 is 0 Å². The van der Waals surface area contributed by atoms with E-state index in [0.717, 1.165) is 33.5 Å². The highest BCUT2D eigenvalue weighted by atomic mass is 15.2. The number of hydrogen-bond acceptors (Lipinski definition) is 1. The van der Waals surface area contributed by atoms with Crippen LogP contribution < -0.4 is 0 Å². The molecule has 4 nitrogen and oxygen atoms in total. The van der Waals surface area contributed by atoms with Crippen LogP contribution in [0.2, 0.25) is 0 Å². The van der Waals surface area contributed by atoms with E-state index in [1.807, 2.05) is 0 Å². The summed E-state index contributed by atoms with van der Waals surface area (Å²) in [5.41, 5.74) is 9.05. The Morgan fingerprint density at radius 2 is 0.766 bits per heavy atom. The number of imidazole rings is 2. The van der Waals surface area contributed by atoms with Gasteiger partial charge in [0.2, 0.25) is 5.78 Å². The molecule has 0 unspecified atom stereocenters. The molecule has 0 aliphatic rings. The number of para-hydroxylation sites is 6. The lowest BCUT2D eigenvalue weighted by atomic mass is 10.0. The summed E-state index contributed by atoms with van der Waals surface area (Å²) in [6.45, 7) is 0. The molecule has 7 aromatic carbocycles. The normalized spacial score (nSPS) is 12.3. The van der Waals surface area contributed by atoms with E-state index in [4.69, 9.17) is 4.98 Å². The quantitative estimate of drug-likeness (QED) is 0.185. The van der Waals surface area contributed by atoms with Gasteiger partial charge in [-0.05, 0) is 70.1 Å². The maximum Gasteiger partial charge on any atom is 0.220 e. The fourth-order valence-corrected chi connectivity index (χ4v) is 8.07. The van der Waals surface area contributed by atoms with Crippen molar-refractivity contribution in [3.8, 4) is 5.69 Å². The van der Waals surface area contributed by atoms with Gasteiger partial charge in [0.25, 0.3) is 0 Å². The molecule has 0 fully saturated rings. The van der Waals surface area contributed by atoms with Crippen LogP contribution in [0.4, 0.5) is 0 Å². The van der Waals surface area contributed by atoms with Gasteiger partial charge < -0.3 is 4.40 Å². The Labute approximate surface area is 268 Å². The predicted molar refractivity (Wildman–Crippen MR) is 197 cm³/mol. The lowest BCUT2D eigenvalue weighted by Crippen LogP contribution is -1.96. The molecule has 0 radical (unpaired) electrons.